The van der Waals surface area contributed by atoms with Crippen molar-refractivity contribution in [3.05, 3.63) is 35.9 Å². The second-order valence-electron chi connectivity index (χ2n) is 4.96. The first-order chi connectivity index (χ1) is 8.42. The van der Waals surface area contributed by atoms with Crippen molar-refractivity contribution < 1.29 is 14.3 Å². The minimum atomic E-state index is -0.830. The highest BCUT2D eigenvalue weighted by atomic mass is 16.6. The molecule has 0 aliphatic rings. The van der Waals surface area contributed by atoms with Gasteiger partial charge in [-0.05, 0) is 26.3 Å². The number of hydrogen-bond acceptors (Lipinski definition) is 4. The van der Waals surface area contributed by atoms with E-state index in [2.05, 4.69) is 4.99 Å². The third-order valence-electron chi connectivity index (χ3n) is 2.16. The molecule has 4 nitrogen and oxygen atoms in total. The molecule has 0 amide bonds. The fraction of sp³-hybridized carbons (Fsp3) is 0.429. The maximum atomic E-state index is 11.9. The van der Waals surface area contributed by atoms with Crippen molar-refractivity contribution in [2.24, 2.45) is 4.99 Å². The number of carbonyl (C=O) groups excluding carboxylic acids is 2. The molecule has 1 atom stereocenters. The predicted molar refractivity (Wildman–Crippen MR) is 67.9 cm³/mol. The quantitative estimate of drug-likeness (QED) is 0.466. The fourth-order valence-electron chi connectivity index (χ4n) is 1.45. The van der Waals surface area contributed by atoms with Gasteiger partial charge >= 0.3 is 5.97 Å². The lowest BCUT2D eigenvalue weighted by Crippen LogP contribution is -2.32. The van der Waals surface area contributed by atoms with Crippen molar-refractivity contribution in [2.45, 2.75) is 38.8 Å². The van der Waals surface area contributed by atoms with Gasteiger partial charge in [-0.3, -0.25) is 0 Å². The lowest BCUT2D eigenvalue weighted by Gasteiger charge is -2.21. The predicted octanol–water partition coefficient (Wildman–Crippen LogP) is 2.28. The number of rotatable bonds is 4. The Bertz CT molecular complexity index is 442. The third-order valence-corrected chi connectivity index (χ3v) is 2.16. The second-order valence-corrected chi connectivity index (χ2v) is 4.96. The summed E-state index contributed by atoms with van der Waals surface area (Å²) in [5.41, 5.74) is 0.331. The first kappa shape index (κ1) is 14.1. The summed E-state index contributed by atoms with van der Waals surface area (Å²) in [7, 11) is 0. The van der Waals surface area contributed by atoms with Crippen LogP contribution in [-0.2, 0) is 20.7 Å². The van der Waals surface area contributed by atoms with Crippen molar-refractivity contribution >= 4 is 12.0 Å². The standard InChI is InChI=1S/C14H17NO3/c1-14(2,3)18-13(17)12(15-10-16)9-11-7-5-4-6-8-11/h4-8,12H,9H2,1-3H3/t12-/m1/s1. The Balaban J connectivity index is 2.77. The molecule has 18 heavy (non-hydrogen) atoms. The summed E-state index contributed by atoms with van der Waals surface area (Å²) in [4.78, 5) is 25.8. The minimum Gasteiger partial charge on any atom is -0.458 e. The lowest BCUT2D eigenvalue weighted by molar-refractivity contribution is -0.156. The zero-order chi connectivity index (χ0) is 13.6. The number of esters is 1. The Morgan fingerprint density at radius 3 is 2.44 bits per heavy atom. The first-order valence-corrected chi connectivity index (χ1v) is 5.76. The van der Waals surface area contributed by atoms with E-state index in [-0.39, 0.29) is 0 Å². The average molecular weight is 247 g/mol. The van der Waals surface area contributed by atoms with Gasteiger partial charge in [-0.1, -0.05) is 30.3 Å². The molecule has 0 aliphatic carbocycles. The van der Waals surface area contributed by atoms with Crippen molar-refractivity contribution in [1.29, 1.82) is 0 Å². The molecule has 96 valence electrons. The monoisotopic (exact) mass is 247 g/mol. The van der Waals surface area contributed by atoms with Crippen molar-refractivity contribution in [1.82, 2.24) is 0 Å². The molecule has 1 rings (SSSR count). The van der Waals surface area contributed by atoms with E-state index in [9.17, 15) is 9.59 Å². The van der Waals surface area contributed by atoms with Crippen molar-refractivity contribution in [2.75, 3.05) is 0 Å². The van der Waals surface area contributed by atoms with Gasteiger partial charge < -0.3 is 4.74 Å². The van der Waals surface area contributed by atoms with Crippen LogP contribution >= 0.6 is 0 Å². The largest absolute Gasteiger partial charge is 0.458 e. The van der Waals surface area contributed by atoms with E-state index in [1.165, 1.54) is 6.08 Å². The number of aliphatic imine (C=N–C) groups is 1. The van der Waals surface area contributed by atoms with E-state index < -0.39 is 17.6 Å². The fourth-order valence-corrected chi connectivity index (χ4v) is 1.45. The van der Waals surface area contributed by atoms with Gasteiger partial charge in [0, 0.05) is 6.42 Å². The van der Waals surface area contributed by atoms with Crippen LogP contribution in [0.4, 0.5) is 0 Å². The van der Waals surface area contributed by atoms with E-state index in [1.807, 2.05) is 30.3 Å². The van der Waals surface area contributed by atoms with Crippen LogP contribution in [0.1, 0.15) is 26.3 Å². The van der Waals surface area contributed by atoms with E-state index in [0.717, 1.165) is 5.56 Å². The second kappa shape index (κ2) is 6.12. The molecule has 0 bridgehead atoms. The number of ether oxygens (including phenoxy) is 1. The average Bonchev–Trinajstić information content (AvgIpc) is 2.27. The van der Waals surface area contributed by atoms with Crippen molar-refractivity contribution in [3.63, 3.8) is 0 Å². The van der Waals surface area contributed by atoms with E-state index in [1.54, 1.807) is 20.8 Å². The van der Waals surface area contributed by atoms with Gasteiger partial charge in [0.2, 0.25) is 6.08 Å². The van der Waals surface area contributed by atoms with Crippen LogP contribution in [-0.4, -0.2) is 23.7 Å². The van der Waals surface area contributed by atoms with Gasteiger partial charge in [-0.2, -0.15) is 4.99 Å². The molecule has 0 fully saturated rings. The van der Waals surface area contributed by atoms with Crippen LogP contribution in [0.2, 0.25) is 0 Å². The normalized spacial score (nSPS) is 12.4. The summed E-state index contributed by atoms with van der Waals surface area (Å²) in [6.45, 7) is 5.32. The van der Waals surface area contributed by atoms with Gasteiger partial charge in [-0.25, -0.2) is 9.59 Å². The molecule has 1 aromatic carbocycles. The molecule has 0 aliphatic heterocycles. The van der Waals surface area contributed by atoms with E-state index in [4.69, 9.17) is 4.74 Å². The number of hydrogen-bond donors (Lipinski definition) is 0. The smallest absolute Gasteiger partial charge is 0.332 e. The molecule has 0 spiro atoms. The molecule has 0 saturated heterocycles. The summed E-state index contributed by atoms with van der Waals surface area (Å²) in [6, 6.07) is 8.53. The summed E-state index contributed by atoms with van der Waals surface area (Å²) < 4.78 is 5.21. The Kier molecular flexibility index (Phi) is 4.81. The SMILES string of the molecule is CC(C)(C)OC(=O)[C@@H](Cc1ccccc1)N=C=O. The highest BCUT2D eigenvalue weighted by Crippen LogP contribution is 2.13. The molecule has 0 N–H and O–H groups in total. The molecule has 0 heterocycles. The van der Waals surface area contributed by atoms with E-state index >= 15 is 0 Å². The summed E-state index contributed by atoms with van der Waals surface area (Å²) in [5.74, 6) is -0.505. The molecule has 0 unspecified atom stereocenters. The molecule has 0 radical (unpaired) electrons. The van der Waals surface area contributed by atoms with Gasteiger partial charge in [0.15, 0.2) is 6.04 Å². The number of carbonyl (C=O) groups is 1. The van der Waals surface area contributed by atoms with Crippen LogP contribution in [0, 0.1) is 0 Å². The van der Waals surface area contributed by atoms with Gasteiger partial charge in [0.25, 0.3) is 0 Å². The Morgan fingerprint density at radius 2 is 1.94 bits per heavy atom. The highest BCUT2D eigenvalue weighted by Gasteiger charge is 2.25. The molecular weight excluding hydrogens is 230 g/mol. The first-order valence-electron chi connectivity index (χ1n) is 5.76. The van der Waals surface area contributed by atoms with Crippen LogP contribution in [0.25, 0.3) is 0 Å². The minimum absolute atomic E-state index is 0.338. The highest BCUT2D eigenvalue weighted by molar-refractivity contribution is 5.77. The summed E-state index contributed by atoms with van der Waals surface area (Å²) in [6.07, 6.45) is 1.77. The van der Waals surface area contributed by atoms with Crippen LogP contribution in [0.5, 0.6) is 0 Å². The van der Waals surface area contributed by atoms with Gasteiger partial charge in [0.05, 0.1) is 0 Å². The maximum absolute atomic E-state index is 11.9. The zero-order valence-corrected chi connectivity index (χ0v) is 10.8. The number of nitrogens with zero attached hydrogens (tertiary/aromatic N) is 1. The van der Waals surface area contributed by atoms with Crippen LogP contribution < -0.4 is 0 Å². The van der Waals surface area contributed by atoms with E-state index in [0.29, 0.717) is 6.42 Å². The molecule has 1 aromatic rings. The Labute approximate surface area is 107 Å². The summed E-state index contributed by atoms with van der Waals surface area (Å²) in [5, 5.41) is 0. The third kappa shape index (κ3) is 4.93. The maximum Gasteiger partial charge on any atom is 0.332 e. The molecule has 0 saturated carbocycles. The van der Waals surface area contributed by atoms with Crippen LogP contribution in [0.3, 0.4) is 0 Å². The number of benzene rings is 1. The zero-order valence-electron chi connectivity index (χ0n) is 10.8. The van der Waals surface area contributed by atoms with Gasteiger partial charge in [0.1, 0.15) is 5.60 Å². The molecule has 0 aromatic heterocycles. The number of isocyanates is 1. The Morgan fingerprint density at radius 1 is 1.33 bits per heavy atom. The molecule has 4 heteroatoms. The topological polar surface area (TPSA) is 55.7 Å². The van der Waals surface area contributed by atoms with Crippen LogP contribution in [0.15, 0.2) is 35.3 Å². The molecular formula is C14H17NO3. The van der Waals surface area contributed by atoms with Gasteiger partial charge in [-0.15, -0.1) is 0 Å². The Hall–Kier alpha value is -1.93. The van der Waals surface area contributed by atoms with Crippen molar-refractivity contribution in [3.8, 4) is 0 Å². The summed E-state index contributed by atoms with van der Waals surface area (Å²) >= 11 is 0. The lowest BCUT2D eigenvalue weighted by atomic mass is 10.1.